The first-order chi connectivity index (χ1) is 8.69. The molecule has 19 heavy (non-hydrogen) atoms. The Morgan fingerprint density at radius 2 is 2.00 bits per heavy atom. The highest BCUT2D eigenvalue weighted by Gasteiger charge is 2.10. The van der Waals surface area contributed by atoms with E-state index in [1.54, 1.807) is 0 Å². The van der Waals surface area contributed by atoms with Gasteiger partial charge >= 0.3 is 0 Å². The van der Waals surface area contributed by atoms with Crippen molar-refractivity contribution in [1.29, 1.82) is 0 Å². The number of phenols is 2. The van der Waals surface area contributed by atoms with E-state index in [0.717, 1.165) is 0 Å². The van der Waals surface area contributed by atoms with E-state index in [9.17, 15) is 10.2 Å². The molecule has 0 aliphatic heterocycles. The molecule has 0 heterocycles. The molecule has 1 aromatic rings. The molecule has 1 aromatic carbocycles. The number of halogens is 1. The second-order valence-corrected chi connectivity index (χ2v) is 5.76. The second kappa shape index (κ2) is 6.08. The zero-order chi connectivity index (χ0) is 14.6. The Hall–Kier alpha value is -1.53. The Balaban J connectivity index is 2.66. The highest BCUT2D eigenvalue weighted by atomic mass is 35.5. The average Bonchev–Trinajstić information content (AvgIpc) is 2.23. The fourth-order valence-electron chi connectivity index (χ4n) is 1.21. The Kier molecular flexibility index (Phi) is 4.97. The van der Waals surface area contributed by atoms with Crippen molar-refractivity contribution >= 4 is 35.1 Å². The smallest absolute Gasteiger partial charge is 0.187 e. The molecule has 7 heteroatoms. The third-order valence-corrected chi connectivity index (χ3v) is 2.42. The van der Waals surface area contributed by atoms with Crippen molar-refractivity contribution in [3.8, 4) is 11.5 Å². The lowest BCUT2D eigenvalue weighted by Gasteiger charge is -2.21. The zero-order valence-electron chi connectivity index (χ0n) is 10.9. The van der Waals surface area contributed by atoms with Gasteiger partial charge in [-0.15, -0.1) is 0 Å². The second-order valence-electron chi connectivity index (χ2n) is 4.94. The number of nitrogens with zero attached hydrogens (tertiary/aromatic N) is 1. The molecule has 0 aliphatic rings. The molecule has 0 spiro atoms. The van der Waals surface area contributed by atoms with Gasteiger partial charge in [-0.05, 0) is 50.7 Å². The number of rotatable bonds is 2. The average molecular weight is 302 g/mol. The van der Waals surface area contributed by atoms with Gasteiger partial charge < -0.3 is 15.5 Å². The summed E-state index contributed by atoms with van der Waals surface area (Å²) in [6.45, 7) is 5.92. The van der Waals surface area contributed by atoms with Crippen LogP contribution in [0.3, 0.4) is 0 Å². The van der Waals surface area contributed by atoms with Crippen molar-refractivity contribution in [2.24, 2.45) is 5.10 Å². The van der Waals surface area contributed by atoms with Crippen LogP contribution in [0.25, 0.3) is 0 Å². The lowest BCUT2D eigenvalue weighted by molar-refractivity contribution is 0.404. The predicted octanol–water partition coefficient (Wildman–Crippen LogP) is 2.35. The Bertz CT molecular complexity index is 489. The fourth-order valence-corrected chi connectivity index (χ4v) is 1.80. The molecule has 0 saturated carbocycles. The van der Waals surface area contributed by atoms with Crippen LogP contribution in [-0.2, 0) is 0 Å². The van der Waals surface area contributed by atoms with Gasteiger partial charge in [0, 0.05) is 5.54 Å². The van der Waals surface area contributed by atoms with Gasteiger partial charge in [0.05, 0.1) is 11.2 Å². The molecule has 104 valence electrons. The zero-order valence-corrected chi connectivity index (χ0v) is 12.4. The standard InChI is InChI=1S/C12H16ClN3O2S/c1-12(2,3)15-11(19)16-14-6-7-4-8(13)10(18)9(17)5-7/h4-6,17-18H,1-3H3,(H2,15,16,19)/b14-6+. The summed E-state index contributed by atoms with van der Waals surface area (Å²) in [5.41, 5.74) is 3.02. The van der Waals surface area contributed by atoms with Crippen LogP contribution in [0.4, 0.5) is 0 Å². The van der Waals surface area contributed by atoms with Gasteiger partial charge in [0.25, 0.3) is 0 Å². The van der Waals surface area contributed by atoms with Crippen molar-refractivity contribution in [3.05, 3.63) is 22.7 Å². The summed E-state index contributed by atoms with van der Waals surface area (Å²) >= 11 is 10.8. The lowest BCUT2D eigenvalue weighted by Crippen LogP contribution is -2.44. The SMILES string of the molecule is CC(C)(C)NC(=S)N/N=C/c1cc(O)c(O)c(Cl)c1. The largest absolute Gasteiger partial charge is 0.504 e. The molecule has 4 N–H and O–H groups in total. The van der Waals surface area contributed by atoms with Gasteiger partial charge in [-0.25, -0.2) is 0 Å². The molecule has 0 aromatic heterocycles. The van der Waals surface area contributed by atoms with E-state index in [2.05, 4.69) is 15.8 Å². The number of hydrazone groups is 1. The molecule has 0 bridgehead atoms. The molecule has 0 aliphatic carbocycles. The van der Waals surface area contributed by atoms with E-state index in [1.807, 2.05) is 20.8 Å². The first-order valence-corrected chi connectivity index (χ1v) is 6.30. The molecule has 0 atom stereocenters. The monoisotopic (exact) mass is 301 g/mol. The Morgan fingerprint density at radius 1 is 1.37 bits per heavy atom. The van der Waals surface area contributed by atoms with E-state index < -0.39 is 0 Å². The minimum Gasteiger partial charge on any atom is -0.504 e. The normalized spacial score (nSPS) is 11.6. The molecule has 0 saturated heterocycles. The maximum atomic E-state index is 9.39. The highest BCUT2D eigenvalue weighted by molar-refractivity contribution is 7.80. The minimum absolute atomic E-state index is 0.0526. The molecule has 1 rings (SSSR count). The summed E-state index contributed by atoms with van der Waals surface area (Å²) in [4.78, 5) is 0. The Morgan fingerprint density at radius 3 is 2.53 bits per heavy atom. The van der Waals surface area contributed by atoms with E-state index in [-0.39, 0.29) is 22.1 Å². The molecule has 0 radical (unpaired) electrons. The summed E-state index contributed by atoms with van der Waals surface area (Å²) in [6, 6.07) is 2.81. The summed E-state index contributed by atoms with van der Waals surface area (Å²) in [5.74, 6) is -0.652. The number of hydrogen-bond donors (Lipinski definition) is 4. The van der Waals surface area contributed by atoms with Crippen molar-refractivity contribution in [2.75, 3.05) is 0 Å². The number of hydrogen-bond acceptors (Lipinski definition) is 4. The third kappa shape index (κ3) is 5.32. The first kappa shape index (κ1) is 15.5. The molecular weight excluding hydrogens is 286 g/mol. The van der Waals surface area contributed by atoms with Crippen molar-refractivity contribution in [1.82, 2.24) is 10.7 Å². The van der Waals surface area contributed by atoms with Gasteiger partial charge in [-0.1, -0.05) is 11.6 Å². The maximum Gasteiger partial charge on any atom is 0.187 e. The number of nitrogens with one attached hydrogen (secondary N) is 2. The number of benzene rings is 1. The van der Waals surface area contributed by atoms with Crippen LogP contribution >= 0.6 is 23.8 Å². The van der Waals surface area contributed by atoms with Gasteiger partial charge in [0.15, 0.2) is 16.6 Å². The number of phenolic OH excluding ortho intramolecular Hbond substituents is 2. The quantitative estimate of drug-likeness (QED) is 0.292. The van der Waals surface area contributed by atoms with Crippen LogP contribution in [0.5, 0.6) is 11.5 Å². The minimum atomic E-state index is -0.350. The van der Waals surface area contributed by atoms with Crippen molar-refractivity contribution in [2.45, 2.75) is 26.3 Å². The molecular formula is C12H16ClN3O2S. The molecule has 0 fully saturated rings. The van der Waals surface area contributed by atoms with Gasteiger partial charge in [0.2, 0.25) is 0 Å². The molecule has 0 amide bonds. The van der Waals surface area contributed by atoms with Gasteiger partial charge in [0.1, 0.15) is 0 Å². The third-order valence-electron chi connectivity index (χ3n) is 1.93. The maximum absolute atomic E-state index is 9.39. The lowest BCUT2D eigenvalue weighted by atomic mass is 10.1. The van der Waals surface area contributed by atoms with Crippen LogP contribution in [0.15, 0.2) is 17.2 Å². The molecule has 0 unspecified atom stereocenters. The van der Waals surface area contributed by atoms with Crippen molar-refractivity contribution < 1.29 is 10.2 Å². The van der Waals surface area contributed by atoms with E-state index >= 15 is 0 Å². The molecule has 5 nitrogen and oxygen atoms in total. The van der Waals surface area contributed by atoms with E-state index in [4.69, 9.17) is 23.8 Å². The summed E-state index contributed by atoms with van der Waals surface area (Å²) in [7, 11) is 0. The van der Waals surface area contributed by atoms with Crippen LogP contribution in [0.1, 0.15) is 26.3 Å². The van der Waals surface area contributed by atoms with E-state index in [0.29, 0.717) is 10.7 Å². The van der Waals surface area contributed by atoms with E-state index in [1.165, 1.54) is 18.3 Å². The summed E-state index contributed by atoms with van der Waals surface area (Å²) in [5, 5.41) is 26.1. The Labute approximate surface area is 122 Å². The van der Waals surface area contributed by atoms with Crippen LogP contribution in [-0.4, -0.2) is 27.1 Å². The van der Waals surface area contributed by atoms with Crippen LogP contribution in [0.2, 0.25) is 5.02 Å². The van der Waals surface area contributed by atoms with Gasteiger partial charge in [-0.3, -0.25) is 5.43 Å². The van der Waals surface area contributed by atoms with Crippen LogP contribution < -0.4 is 10.7 Å². The number of thiocarbonyl (C=S) groups is 1. The highest BCUT2D eigenvalue weighted by Crippen LogP contribution is 2.33. The predicted molar refractivity (Wildman–Crippen MR) is 81.0 cm³/mol. The first-order valence-electron chi connectivity index (χ1n) is 5.52. The summed E-state index contributed by atoms with van der Waals surface area (Å²) in [6.07, 6.45) is 1.43. The van der Waals surface area contributed by atoms with Gasteiger partial charge in [-0.2, -0.15) is 5.10 Å². The fraction of sp³-hybridized carbons (Fsp3) is 0.333. The van der Waals surface area contributed by atoms with Crippen molar-refractivity contribution in [3.63, 3.8) is 0 Å². The van der Waals surface area contributed by atoms with Crippen LogP contribution in [0, 0.1) is 0 Å². The summed E-state index contributed by atoms with van der Waals surface area (Å²) < 4.78 is 0. The topological polar surface area (TPSA) is 76.9 Å². The number of aromatic hydroxyl groups is 2.